The number of alkyl halides is 1. The summed E-state index contributed by atoms with van der Waals surface area (Å²) in [5.41, 5.74) is 3.43. The molecule has 0 amide bonds. The van der Waals surface area contributed by atoms with Crippen LogP contribution in [0.2, 0.25) is 0 Å². The van der Waals surface area contributed by atoms with Crippen molar-refractivity contribution in [2.45, 2.75) is 109 Å². The topological polar surface area (TPSA) is 9.23 Å². The number of rotatable bonds is 10. The Balaban J connectivity index is 1.01. The molecule has 0 aliphatic heterocycles. The molecule has 3 saturated carbocycles. The lowest BCUT2D eigenvalue weighted by molar-refractivity contribution is 0.168. The maximum absolute atomic E-state index is 13.8. The molecule has 0 saturated heterocycles. The van der Waals surface area contributed by atoms with Gasteiger partial charge in [0.15, 0.2) is 0 Å². The molecule has 0 heterocycles. The van der Waals surface area contributed by atoms with Crippen LogP contribution < -0.4 is 4.74 Å². The molecule has 232 valence electrons. The highest BCUT2D eigenvalue weighted by atomic mass is 19.1. The predicted octanol–water partition coefficient (Wildman–Crippen LogP) is 11.0. The van der Waals surface area contributed by atoms with Crippen LogP contribution in [0.1, 0.15) is 119 Å². The van der Waals surface area contributed by atoms with Gasteiger partial charge in [0.25, 0.3) is 0 Å². The molecule has 5 rings (SSSR count). The number of ether oxygens (including phenoxy) is 1. The number of aryl methyl sites for hydroxylation is 1. The minimum Gasteiger partial charge on any atom is -0.492 e. The van der Waals surface area contributed by atoms with Gasteiger partial charge >= 0.3 is 0 Å². The Bertz CT molecular complexity index is 1200. The Morgan fingerprint density at radius 1 is 0.791 bits per heavy atom. The first-order valence-corrected chi connectivity index (χ1v) is 17.4. The van der Waals surface area contributed by atoms with Crippen LogP contribution in [0.15, 0.2) is 54.6 Å². The third kappa shape index (κ3) is 9.44. The Labute approximate surface area is 259 Å². The van der Waals surface area contributed by atoms with E-state index in [1.165, 1.54) is 100 Å². The molecule has 3 aliphatic rings. The van der Waals surface area contributed by atoms with Gasteiger partial charge < -0.3 is 4.74 Å². The molecule has 0 aromatic heterocycles. The molecule has 0 atom stereocenters. The highest BCUT2D eigenvalue weighted by molar-refractivity contribution is 5.46. The highest BCUT2D eigenvalue weighted by Gasteiger charge is 2.30. The lowest BCUT2D eigenvalue weighted by Gasteiger charge is -2.36. The van der Waals surface area contributed by atoms with Crippen molar-refractivity contribution >= 4 is 0 Å². The molecule has 0 unspecified atom stereocenters. The maximum atomic E-state index is 13.8. The first-order chi connectivity index (χ1) is 21.1. The summed E-state index contributed by atoms with van der Waals surface area (Å²) in [5, 5.41) is 0. The molecule has 3 heteroatoms. The third-order valence-electron chi connectivity index (χ3n) is 10.5. The van der Waals surface area contributed by atoms with Crippen molar-refractivity contribution in [1.82, 2.24) is 0 Å². The van der Waals surface area contributed by atoms with Crippen LogP contribution >= 0.6 is 0 Å². The predicted molar refractivity (Wildman–Crippen MR) is 175 cm³/mol. The van der Waals surface area contributed by atoms with Gasteiger partial charge in [0.1, 0.15) is 11.6 Å². The summed E-state index contributed by atoms with van der Waals surface area (Å²) in [6.07, 6.45) is 23.1. The van der Waals surface area contributed by atoms with E-state index in [1.54, 1.807) is 6.07 Å². The van der Waals surface area contributed by atoms with Gasteiger partial charge in [-0.15, -0.1) is 0 Å². The molecule has 43 heavy (non-hydrogen) atoms. The molecule has 3 fully saturated rings. The number of hydrogen-bond donors (Lipinski definition) is 0. The second-order valence-electron chi connectivity index (χ2n) is 13.6. The molecule has 0 spiro atoms. The van der Waals surface area contributed by atoms with Gasteiger partial charge in [-0.3, -0.25) is 4.39 Å². The average molecular weight is 587 g/mol. The molecule has 3 aliphatic carbocycles. The fourth-order valence-electron chi connectivity index (χ4n) is 7.85. The van der Waals surface area contributed by atoms with Crippen molar-refractivity contribution in [3.05, 3.63) is 77.1 Å². The Hall–Kier alpha value is -2.60. The molecule has 1 nitrogen and oxygen atoms in total. The first-order valence-electron chi connectivity index (χ1n) is 17.4. The molecule has 0 radical (unpaired) electrons. The zero-order chi connectivity index (χ0) is 29.9. The normalized spacial score (nSPS) is 27.9. The van der Waals surface area contributed by atoms with Crippen molar-refractivity contribution < 1.29 is 13.5 Å². The monoisotopic (exact) mass is 586 g/mol. The highest BCUT2D eigenvalue weighted by Crippen LogP contribution is 2.42. The minimum absolute atomic E-state index is 0.226. The van der Waals surface area contributed by atoms with Gasteiger partial charge in [-0.1, -0.05) is 55.2 Å². The van der Waals surface area contributed by atoms with Crippen molar-refractivity contribution in [1.29, 1.82) is 0 Å². The number of hydrogen-bond acceptors (Lipinski definition) is 1. The SMILES string of the molecule is CCCOc1ccc(F)cc1C#CC1CCC(C2CCC(/C=C/C3CCC(c4ccc(CCCF)cc4)CC3)CC2)CC1. The quantitative estimate of drug-likeness (QED) is 0.199. The summed E-state index contributed by atoms with van der Waals surface area (Å²) in [5.74, 6) is 11.5. The summed E-state index contributed by atoms with van der Waals surface area (Å²) in [6, 6.07) is 13.7. The van der Waals surface area contributed by atoms with Gasteiger partial charge in [0.05, 0.1) is 18.8 Å². The Kier molecular flexibility index (Phi) is 12.2. The zero-order valence-corrected chi connectivity index (χ0v) is 26.3. The van der Waals surface area contributed by atoms with Crippen LogP contribution in [0.25, 0.3) is 0 Å². The van der Waals surface area contributed by atoms with E-state index in [4.69, 9.17) is 4.74 Å². The van der Waals surface area contributed by atoms with Gasteiger partial charge in [-0.2, -0.15) is 0 Å². The molecule has 0 N–H and O–H groups in total. The Morgan fingerprint density at radius 2 is 1.42 bits per heavy atom. The van der Waals surface area contributed by atoms with Crippen molar-refractivity contribution in [2.24, 2.45) is 29.6 Å². The Morgan fingerprint density at radius 3 is 2.05 bits per heavy atom. The third-order valence-corrected chi connectivity index (χ3v) is 10.5. The second-order valence-corrected chi connectivity index (χ2v) is 13.6. The summed E-state index contributed by atoms with van der Waals surface area (Å²) >= 11 is 0. The van der Waals surface area contributed by atoms with Crippen LogP contribution in [0.4, 0.5) is 8.78 Å². The largest absolute Gasteiger partial charge is 0.492 e. The van der Waals surface area contributed by atoms with Crippen molar-refractivity contribution in [2.75, 3.05) is 13.3 Å². The summed E-state index contributed by atoms with van der Waals surface area (Å²) in [4.78, 5) is 0. The maximum Gasteiger partial charge on any atom is 0.135 e. The van der Waals surface area contributed by atoms with Gasteiger partial charge in [0, 0.05) is 5.92 Å². The first kappa shape index (κ1) is 31.8. The summed E-state index contributed by atoms with van der Waals surface area (Å²) < 4.78 is 32.1. The fourth-order valence-corrected chi connectivity index (χ4v) is 7.85. The van der Waals surface area contributed by atoms with E-state index in [0.29, 0.717) is 36.2 Å². The number of allylic oxidation sites excluding steroid dienone is 2. The van der Waals surface area contributed by atoms with Gasteiger partial charge in [0.2, 0.25) is 0 Å². The van der Waals surface area contributed by atoms with E-state index in [2.05, 4.69) is 55.2 Å². The zero-order valence-electron chi connectivity index (χ0n) is 26.3. The van der Waals surface area contributed by atoms with Crippen LogP contribution in [0.3, 0.4) is 0 Å². The van der Waals surface area contributed by atoms with E-state index < -0.39 is 0 Å². The number of benzene rings is 2. The van der Waals surface area contributed by atoms with Gasteiger partial charge in [-0.05, 0) is 155 Å². The molecular weight excluding hydrogens is 534 g/mol. The van der Waals surface area contributed by atoms with E-state index in [0.717, 1.165) is 36.5 Å². The van der Waals surface area contributed by atoms with E-state index in [1.807, 2.05) is 0 Å². The summed E-state index contributed by atoms with van der Waals surface area (Å²) in [7, 11) is 0. The van der Waals surface area contributed by atoms with Crippen LogP contribution in [0.5, 0.6) is 5.75 Å². The van der Waals surface area contributed by atoms with Crippen LogP contribution in [0, 0.1) is 47.2 Å². The standard InChI is InChI=1S/C40H52F2O/c1-2-28-43-40-26-25-39(42)29-38(40)24-15-33-13-22-37(23-14-33)36-20-11-32(12-21-36)6-5-31-9-18-35(19-10-31)34-16-7-30(8-17-34)4-3-27-41/h5-8,16-17,25-26,29,31-33,35-37H,2-4,9-14,18-23,27-28H2,1H3/b6-5+. The van der Waals surface area contributed by atoms with Gasteiger partial charge in [-0.25, -0.2) is 4.39 Å². The van der Waals surface area contributed by atoms with E-state index in [9.17, 15) is 8.78 Å². The lowest BCUT2D eigenvalue weighted by atomic mass is 9.69. The van der Waals surface area contributed by atoms with Crippen molar-refractivity contribution in [3.8, 4) is 17.6 Å². The van der Waals surface area contributed by atoms with Crippen LogP contribution in [-0.4, -0.2) is 13.3 Å². The van der Waals surface area contributed by atoms with Crippen LogP contribution in [-0.2, 0) is 6.42 Å². The smallest absolute Gasteiger partial charge is 0.135 e. The lowest BCUT2D eigenvalue weighted by Crippen LogP contribution is -2.25. The molecular formula is C40H52F2O. The molecule has 2 aromatic carbocycles. The minimum atomic E-state index is -0.250. The fraction of sp³-hybridized carbons (Fsp3) is 0.600. The summed E-state index contributed by atoms with van der Waals surface area (Å²) in [6.45, 7) is 2.48. The van der Waals surface area contributed by atoms with E-state index >= 15 is 0 Å². The molecule has 2 aromatic rings. The average Bonchev–Trinajstić information content (AvgIpc) is 3.06. The van der Waals surface area contributed by atoms with Crippen molar-refractivity contribution in [3.63, 3.8) is 0 Å². The second kappa shape index (κ2) is 16.5. The van der Waals surface area contributed by atoms with E-state index in [-0.39, 0.29) is 12.5 Å². The number of halogens is 2. The molecule has 0 bridgehead atoms.